The number of para-hydroxylation sites is 1. The zero-order valence-electron chi connectivity index (χ0n) is 16.9. The Kier molecular flexibility index (Phi) is 4.48. The normalized spacial score (nSPS) is 33.5. The number of benzene rings is 1. The van der Waals surface area contributed by atoms with Crippen molar-refractivity contribution in [1.82, 2.24) is 9.88 Å². The molecule has 3 fully saturated rings. The number of piperidine rings is 2. The molecule has 6 rings (SSSR count). The van der Waals surface area contributed by atoms with E-state index in [0.717, 1.165) is 50.2 Å². The summed E-state index contributed by atoms with van der Waals surface area (Å²) >= 11 is 0. The average molecular weight is 383 g/mol. The molecular formula is C23H30N2O3. The SMILES string of the molecule is CCOC(=O)C12CC3CC(CCOC)C1N(CCc1c2[nH]c2ccccc12)C3. The van der Waals surface area contributed by atoms with Crippen LogP contribution in [0.3, 0.4) is 0 Å². The Morgan fingerprint density at radius 3 is 3.04 bits per heavy atom. The molecule has 2 saturated heterocycles. The van der Waals surface area contributed by atoms with E-state index in [9.17, 15) is 4.79 Å². The minimum absolute atomic E-state index is 0.0356. The summed E-state index contributed by atoms with van der Waals surface area (Å²) in [5.74, 6) is 0.967. The highest BCUT2D eigenvalue weighted by molar-refractivity contribution is 5.91. The molecule has 1 saturated carbocycles. The van der Waals surface area contributed by atoms with Gasteiger partial charge in [-0.15, -0.1) is 0 Å². The van der Waals surface area contributed by atoms with E-state index in [1.54, 1.807) is 7.11 Å². The van der Waals surface area contributed by atoms with Crippen LogP contribution >= 0.6 is 0 Å². The molecule has 5 nitrogen and oxygen atoms in total. The van der Waals surface area contributed by atoms with Gasteiger partial charge in [0.25, 0.3) is 0 Å². The third-order valence-corrected chi connectivity index (χ3v) is 7.33. The largest absolute Gasteiger partial charge is 0.465 e. The van der Waals surface area contributed by atoms with E-state index in [1.807, 2.05) is 6.92 Å². The molecule has 4 heterocycles. The molecule has 1 aromatic carbocycles. The van der Waals surface area contributed by atoms with E-state index >= 15 is 0 Å². The summed E-state index contributed by atoms with van der Waals surface area (Å²) in [4.78, 5) is 19.9. The lowest BCUT2D eigenvalue weighted by atomic mass is 9.56. The first-order valence-corrected chi connectivity index (χ1v) is 10.7. The van der Waals surface area contributed by atoms with Gasteiger partial charge < -0.3 is 14.5 Å². The van der Waals surface area contributed by atoms with Crippen molar-refractivity contribution < 1.29 is 14.3 Å². The highest BCUT2D eigenvalue weighted by Gasteiger charge is 2.62. The summed E-state index contributed by atoms with van der Waals surface area (Å²) in [6.45, 7) is 5.22. The van der Waals surface area contributed by atoms with Gasteiger partial charge in [-0.3, -0.25) is 9.69 Å². The minimum Gasteiger partial charge on any atom is -0.465 e. The van der Waals surface area contributed by atoms with Gasteiger partial charge in [-0.25, -0.2) is 0 Å². The lowest BCUT2D eigenvalue weighted by Crippen LogP contribution is -2.67. The number of hydrogen-bond acceptors (Lipinski definition) is 4. The molecule has 4 bridgehead atoms. The van der Waals surface area contributed by atoms with Crippen molar-refractivity contribution in [3.8, 4) is 0 Å². The number of ether oxygens (including phenoxy) is 2. The van der Waals surface area contributed by atoms with Crippen LogP contribution in [-0.4, -0.2) is 55.3 Å². The number of carbonyl (C=O) groups is 1. The second-order valence-electron chi connectivity index (χ2n) is 8.75. The van der Waals surface area contributed by atoms with Crippen LogP contribution in [0.15, 0.2) is 24.3 Å². The summed E-state index contributed by atoms with van der Waals surface area (Å²) in [6, 6.07) is 8.67. The zero-order valence-corrected chi connectivity index (χ0v) is 16.9. The molecule has 0 spiro atoms. The fraction of sp³-hybridized carbons (Fsp3) is 0.609. The van der Waals surface area contributed by atoms with E-state index in [4.69, 9.17) is 9.47 Å². The predicted octanol–water partition coefficient (Wildman–Crippen LogP) is 3.27. The number of fused-ring (bicyclic) bond motifs is 4. The summed E-state index contributed by atoms with van der Waals surface area (Å²) in [6.07, 6.45) is 4.09. The van der Waals surface area contributed by atoms with Crippen molar-refractivity contribution in [3.05, 3.63) is 35.5 Å². The maximum Gasteiger partial charge on any atom is 0.319 e. The van der Waals surface area contributed by atoms with Crippen LogP contribution in [-0.2, 0) is 26.1 Å². The molecule has 1 aliphatic carbocycles. The highest BCUT2D eigenvalue weighted by atomic mass is 16.5. The van der Waals surface area contributed by atoms with Crippen LogP contribution in [0.25, 0.3) is 10.9 Å². The fourth-order valence-electron chi connectivity index (χ4n) is 6.50. The number of aromatic amines is 1. The van der Waals surface area contributed by atoms with E-state index in [-0.39, 0.29) is 12.0 Å². The van der Waals surface area contributed by atoms with Crippen molar-refractivity contribution in [1.29, 1.82) is 0 Å². The van der Waals surface area contributed by atoms with E-state index in [0.29, 0.717) is 18.4 Å². The van der Waals surface area contributed by atoms with Crippen LogP contribution in [0.1, 0.15) is 37.4 Å². The lowest BCUT2D eigenvalue weighted by molar-refractivity contribution is -0.165. The summed E-state index contributed by atoms with van der Waals surface area (Å²) in [5.41, 5.74) is 3.01. The Labute approximate surface area is 166 Å². The van der Waals surface area contributed by atoms with Gasteiger partial charge in [0.15, 0.2) is 0 Å². The molecule has 4 aliphatic rings. The van der Waals surface area contributed by atoms with Crippen molar-refractivity contribution in [3.63, 3.8) is 0 Å². The zero-order chi connectivity index (χ0) is 19.3. The fourth-order valence-corrected chi connectivity index (χ4v) is 6.50. The first kappa shape index (κ1) is 18.2. The number of esters is 1. The molecule has 1 N–H and O–H groups in total. The number of H-pyrrole nitrogens is 1. The quantitative estimate of drug-likeness (QED) is 0.807. The van der Waals surface area contributed by atoms with Gasteiger partial charge in [0, 0.05) is 49.4 Å². The first-order valence-electron chi connectivity index (χ1n) is 10.7. The van der Waals surface area contributed by atoms with Crippen LogP contribution in [0.4, 0.5) is 0 Å². The van der Waals surface area contributed by atoms with Crippen LogP contribution in [0, 0.1) is 11.8 Å². The molecular weight excluding hydrogens is 352 g/mol. The van der Waals surface area contributed by atoms with Gasteiger partial charge in [0.05, 0.1) is 6.61 Å². The Balaban J connectivity index is 1.71. The number of methoxy groups -OCH3 is 1. The Hall–Kier alpha value is -1.85. The highest BCUT2D eigenvalue weighted by Crippen LogP contribution is 2.55. The Morgan fingerprint density at radius 2 is 2.21 bits per heavy atom. The van der Waals surface area contributed by atoms with Gasteiger partial charge in [-0.2, -0.15) is 0 Å². The van der Waals surface area contributed by atoms with Gasteiger partial charge in [-0.05, 0) is 56.1 Å². The van der Waals surface area contributed by atoms with Crippen molar-refractivity contribution >= 4 is 16.9 Å². The summed E-state index contributed by atoms with van der Waals surface area (Å²) in [7, 11) is 1.77. The molecule has 1 aromatic heterocycles. The number of hydrogen-bond donors (Lipinski definition) is 1. The lowest BCUT2D eigenvalue weighted by Gasteiger charge is -2.58. The Morgan fingerprint density at radius 1 is 1.36 bits per heavy atom. The molecule has 0 radical (unpaired) electrons. The second kappa shape index (κ2) is 6.89. The van der Waals surface area contributed by atoms with E-state index in [2.05, 4.69) is 34.1 Å². The topological polar surface area (TPSA) is 54.6 Å². The third kappa shape index (κ3) is 2.49. The number of nitrogens with one attached hydrogen (secondary N) is 1. The molecule has 3 aliphatic heterocycles. The molecule has 0 amide bonds. The van der Waals surface area contributed by atoms with Gasteiger partial charge in [0.2, 0.25) is 0 Å². The number of carbonyl (C=O) groups excluding carboxylic acids is 1. The van der Waals surface area contributed by atoms with Crippen LogP contribution < -0.4 is 0 Å². The van der Waals surface area contributed by atoms with Gasteiger partial charge >= 0.3 is 5.97 Å². The number of rotatable bonds is 5. The average Bonchev–Trinajstić information content (AvgIpc) is 3.05. The Bertz CT molecular complexity index is 891. The molecule has 150 valence electrons. The second-order valence-corrected chi connectivity index (χ2v) is 8.75. The molecule has 5 heteroatoms. The van der Waals surface area contributed by atoms with Crippen molar-refractivity contribution in [2.24, 2.45) is 11.8 Å². The molecule has 5 atom stereocenters. The van der Waals surface area contributed by atoms with Crippen molar-refractivity contribution in [2.45, 2.75) is 44.1 Å². The van der Waals surface area contributed by atoms with Crippen molar-refractivity contribution in [2.75, 3.05) is 33.4 Å². The third-order valence-electron chi connectivity index (χ3n) is 7.33. The van der Waals surface area contributed by atoms with Crippen LogP contribution in [0.5, 0.6) is 0 Å². The maximum absolute atomic E-state index is 13.6. The monoisotopic (exact) mass is 382 g/mol. The van der Waals surface area contributed by atoms with E-state index in [1.165, 1.54) is 17.4 Å². The number of aromatic nitrogens is 1. The summed E-state index contributed by atoms with van der Waals surface area (Å²) < 4.78 is 11.2. The molecule has 5 unspecified atom stereocenters. The van der Waals surface area contributed by atoms with Gasteiger partial charge in [-0.1, -0.05) is 18.2 Å². The molecule has 2 aromatic rings. The van der Waals surface area contributed by atoms with Crippen LogP contribution in [0.2, 0.25) is 0 Å². The number of nitrogens with zero attached hydrogens (tertiary/aromatic N) is 1. The maximum atomic E-state index is 13.6. The van der Waals surface area contributed by atoms with E-state index < -0.39 is 5.41 Å². The first-order chi connectivity index (χ1) is 13.7. The minimum atomic E-state index is -0.583. The summed E-state index contributed by atoms with van der Waals surface area (Å²) in [5, 5.41) is 1.26. The van der Waals surface area contributed by atoms with Gasteiger partial charge in [0.1, 0.15) is 5.41 Å². The standard InChI is InChI=1S/C23H30N2O3/c1-3-28-22(26)23-13-15-12-16(9-11-27-2)21(23)25(14-15)10-8-18-17-6-4-5-7-19(17)24-20(18)23/h4-7,15-16,21,24H,3,8-14H2,1-2H3. The smallest absolute Gasteiger partial charge is 0.319 e. The molecule has 28 heavy (non-hydrogen) atoms. The predicted molar refractivity (Wildman–Crippen MR) is 108 cm³/mol.